The van der Waals surface area contributed by atoms with Gasteiger partial charge in [-0.3, -0.25) is 0 Å². The van der Waals surface area contributed by atoms with Crippen molar-refractivity contribution in [2.45, 2.75) is 37.8 Å². The number of hydrogen-bond acceptors (Lipinski definition) is 2. The van der Waals surface area contributed by atoms with Crippen LogP contribution in [0.1, 0.15) is 31.2 Å². The Morgan fingerprint density at radius 2 is 2.05 bits per heavy atom. The van der Waals surface area contributed by atoms with Gasteiger partial charge in [0.15, 0.2) is 0 Å². The van der Waals surface area contributed by atoms with E-state index in [0.717, 1.165) is 12.6 Å². The first-order valence-corrected chi connectivity index (χ1v) is 7.53. The molecule has 102 valence electrons. The fourth-order valence-electron chi connectivity index (χ4n) is 3.45. The Kier molecular flexibility index (Phi) is 4.00. The summed E-state index contributed by atoms with van der Waals surface area (Å²) in [4.78, 5) is 2.67. The van der Waals surface area contributed by atoms with Crippen molar-refractivity contribution in [3.05, 3.63) is 42.5 Å². The summed E-state index contributed by atoms with van der Waals surface area (Å²) in [5, 5.41) is 3.71. The zero-order valence-corrected chi connectivity index (χ0v) is 11.6. The van der Waals surface area contributed by atoms with Crippen LogP contribution in [0.2, 0.25) is 0 Å². The number of rotatable bonds is 4. The zero-order valence-electron chi connectivity index (χ0n) is 11.6. The van der Waals surface area contributed by atoms with Gasteiger partial charge in [-0.2, -0.15) is 0 Å². The lowest BCUT2D eigenvalue weighted by Crippen LogP contribution is -2.45. The van der Waals surface area contributed by atoms with E-state index in [1.807, 2.05) is 0 Å². The Hall–Kier alpha value is -1.12. The molecule has 0 aliphatic carbocycles. The standard InChI is InChI=1S/C17H24N2/c1-14(15-6-3-2-4-7-15)13-18-16-9-11-19-10-5-8-17(19)12-16/h2-4,6-7,16-18H,1,5,8-13H2. The molecule has 0 aromatic heterocycles. The van der Waals surface area contributed by atoms with Crippen LogP contribution in [0.5, 0.6) is 0 Å². The normalized spacial score (nSPS) is 27.2. The van der Waals surface area contributed by atoms with Crippen molar-refractivity contribution < 1.29 is 0 Å². The van der Waals surface area contributed by atoms with Crippen molar-refractivity contribution in [3.63, 3.8) is 0 Å². The van der Waals surface area contributed by atoms with E-state index < -0.39 is 0 Å². The van der Waals surface area contributed by atoms with E-state index in [4.69, 9.17) is 0 Å². The first-order chi connectivity index (χ1) is 9.33. The summed E-state index contributed by atoms with van der Waals surface area (Å²) in [6.07, 6.45) is 5.41. The highest BCUT2D eigenvalue weighted by molar-refractivity contribution is 5.64. The molecule has 1 aromatic carbocycles. The van der Waals surface area contributed by atoms with Crippen LogP contribution < -0.4 is 5.32 Å². The van der Waals surface area contributed by atoms with Gasteiger partial charge in [0, 0.05) is 18.6 Å². The van der Waals surface area contributed by atoms with Gasteiger partial charge >= 0.3 is 0 Å². The maximum atomic E-state index is 4.20. The predicted molar refractivity (Wildman–Crippen MR) is 81.1 cm³/mol. The van der Waals surface area contributed by atoms with E-state index in [9.17, 15) is 0 Å². The van der Waals surface area contributed by atoms with Crippen molar-refractivity contribution in [2.24, 2.45) is 0 Å². The Morgan fingerprint density at radius 1 is 1.21 bits per heavy atom. The largest absolute Gasteiger partial charge is 0.310 e. The monoisotopic (exact) mass is 256 g/mol. The minimum absolute atomic E-state index is 0.680. The molecular formula is C17H24N2. The van der Waals surface area contributed by atoms with Crippen LogP contribution in [0.25, 0.3) is 5.57 Å². The van der Waals surface area contributed by atoms with E-state index in [2.05, 4.69) is 47.1 Å². The summed E-state index contributed by atoms with van der Waals surface area (Å²) in [6.45, 7) is 7.73. The topological polar surface area (TPSA) is 15.3 Å². The molecule has 0 amide bonds. The summed E-state index contributed by atoms with van der Waals surface area (Å²) in [7, 11) is 0. The summed E-state index contributed by atoms with van der Waals surface area (Å²) < 4.78 is 0. The minimum atomic E-state index is 0.680. The zero-order chi connectivity index (χ0) is 13.1. The van der Waals surface area contributed by atoms with Crippen LogP contribution in [-0.4, -0.2) is 36.6 Å². The lowest BCUT2D eigenvalue weighted by molar-refractivity contribution is 0.169. The second kappa shape index (κ2) is 5.89. The molecule has 19 heavy (non-hydrogen) atoms. The number of fused-ring (bicyclic) bond motifs is 1. The van der Waals surface area contributed by atoms with Gasteiger partial charge in [-0.1, -0.05) is 36.9 Å². The van der Waals surface area contributed by atoms with Crippen LogP contribution in [0, 0.1) is 0 Å². The highest BCUT2D eigenvalue weighted by atomic mass is 15.2. The Labute approximate surface area is 116 Å². The Balaban J connectivity index is 1.49. The van der Waals surface area contributed by atoms with Crippen LogP contribution in [0.3, 0.4) is 0 Å². The van der Waals surface area contributed by atoms with Gasteiger partial charge in [-0.15, -0.1) is 0 Å². The third kappa shape index (κ3) is 3.07. The molecule has 2 heteroatoms. The molecule has 2 aliphatic rings. The molecule has 0 saturated carbocycles. The van der Waals surface area contributed by atoms with Crippen LogP contribution in [0.15, 0.2) is 36.9 Å². The van der Waals surface area contributed by atoms with Gasteiger partial charge in [-0.05, 0) is 49.9 Å². The van der Waals surface area contributed by atoms with Gasteiger partial charge in [0.2, 0.25) is 0 Å². The van der Waals surface area contributed by atoms with Crippen LogP contribution >= 0.6 is 0 Å². The molecule has 1 N–H and O–H groups in total. The first-order valence-electron chi connectivity index (χ1n) is 7.53. The average molecular weight is 256 g/mol. The molecule has 1 aromatic rings. The molecule has 0 spiro atoms. The second-order valence-corrected chi connectivity index (χ2v) is 5.90. The third-order valence-electron chi connectivity index (χ3n) is 4.61. The summed E-state index contributed by atoms with van der Waals surface area (Å²) in [5.41, 5.74) is 2.46. The van der Waals surface area contributed by atoms with Crippen LogP contribution in [-0.2, 0) is 0 Å². The molecule has 2 saturated heterocycles. The van der Waals surface area contributed by atoms with E-state index in [-0.39, 0.29) is 0 Å². The van der Waals surface area contributed by atoms with Crippen molar-refractivity contribution in [1.29, 1.82) is 0 Å². The molecule has 2 atom stereocenters. The molecule has 2 fully saturated rings. The highest BCUT2D eigenvalue weighted by Gasteiger charge is 2.31. The summed E-state index contributed by atoms with van der Waals surface area (Å²) in [6, 6.07) is 12.0. The minimum Gasteiger partial charge on any atom is -0.310 e. The Bertz CT molecular complexity index is 426. The average Bonchev–Trinajstić information content (AvgIpc) is 2.93. The van der Waals surface area contributed by atoms with Gasteiger partial charge in [0.25, 0.3) is 0 Å². The summed E-state index contributed by atoms with van der Waals surface area (Å²) >= 11 is 0. The first kappa shape index (κ1) is 12.9. The smallest absolute Gasteiger partial charge is 0.0208 e. The molecule has 3 rings (SSSR count). The quantitative estimate of drug-likeness (QED) is 0.891. The summed E-state index contributed by atoms with van der Waals surface area (Å²) in [5.74, 6) is 0. The fraction of sp³-hybridized carbons (Fsp3) is 0.529. The van der Waals surface area contributed by atoms with E-state index >= 15 is 0 Å². The lowest BCUT2D eigenvalue weighted by Gasteiger charge is -2.35. The van der Waals surface area contributed by atoms with Crippen molar-refractivity contribution in [2.75, 3.05) is 19.6 Å². The SMILES string of the molecule is C=C(CNC1CCN2CCCC2C1)c1ccccc1. The van der Waals surface area contributed by atoms with Crippen molar-refractivity contribution in [3.8, 4) is 0 Å². The van der Waals surface area contributed by atoms with E-state index in [0.29, 0.717) is 6.04 Å². The lowest BCUT2D eigenvalue weighted by atomic mass is 9.97. The third-order valence-corrected chi connectivity index (χ3v) is 4.61. The van der Waals surface area contributed by atoms with Gasteiger partial charge in [-0.25, -0.2) is 0 Å². The molecule has 2 unspecified atom stereocenters. The molecule has 2 aliphatic heterocycles. The van der Waals surface area contributed by atoms with Gasteiger partial charge in [0.1, 0.15) is 0 Å². The maximum absolute atomic E-state index is 4.20. The molecule has 0 radical (unpaired) electrons. The van der Waals surface area contributed by atoms with Crippen molar-refractivity contribution in [1.82, 2.24) is 10.2 Å². The fourth-order valence-corrected chi connectivity index (χ4v) is 3.45. The highest BCUT2D eigenvalue weighted by Crippen LogP contribution is 2.27. The van der Waals surface area contributed by atoms with E-state index in [1.165, 1.54) is 49.9 Å². The Morgan fingerprint density at radius 3 is 2.89 bits per heavy atom. The number of nitrogens with zero attached hydrogens (tertiary/aromatic N) is 1. The number of benzene rings is 1. The van der Waals surface area contributed by atoms with Crippen LogP contribution in [0.4, 0.5) is 0 Å². The number of piperidine rings is 1. The number of hydrogen-bond donors (Lipinski definition) is 1. The second-order valence-electron chi connectivity index (χ2n) is 5.90. The van der Waals surface area contributed by atoms with Gasteiger partial charge in [0.05, 0.1) is 0 Å². The maximum Gasteiger partial charge on any atom is 0.0208 e. The van der Waals surface area contributed by atoms with Crippen molar-refractivity contribution >= 4 is 5.57 Å². The molecule has 2 nitrogen and oxygen atoms in total. The predicted octanol–water partition coefficient (Wildman–Crippen LogP) is 2.92. The molecular weight excluding hydrogens is 232 g/mol. The molecule has 0 bridgehead atoms. The van der Waals surface area contributed by atoms with Gasteiger partial charge < -0.3 is 10.2 Å². The van der Waals surface area contributed by atoms with E-state index in [1.54, 1.807) is 0 Å². The number of nitrogens with one attached hydrogen (secondary N) is 1. The molecule has 2 heterocycles.